The van der Waals surface area contributed by atoms with E-state index < -0.39 is 26.7 Å². The predicted octanol–water partition coefficient (Wildman–Crippen LogP) is 3.00. The zero-order valence-corrected chi connectivity index (χ0v) is 12.8. The highest BCUT2D eigenvalue weighted by Gasteiger charge is 2.31. The van der Waals surface area contributed by atoms with Crippen LogP contribution in [0.3, 0.4) is 0 Å². The molecule has 1 aliphatic heterocycles. The summed E-state index contributed by atoms with van der Waals surface area (Å²) in [6.45, 7) is 0. The Bertz CT molecular complexity index is 924. The molecule has 2 aromatic carbocycles. The van der Waals surface area contributed by atoms with Gasteiger partial charge in [0.25, 0.3) is 10.0 Å². The van der Waals surface area contributed by atoms with E-state index in [2.05, 4.69) is 10.0 Å². The average molecular weight is 356 g/mol. The van der Waals surface area contributed by atoms with Crippen LogP contribution in [-0.2, 0) is 27.4 Å². The highest BCUT2D eigenvalue weighted by atomic mass is 32.2. The standard InChI is InChI=1S/C15H11F3N2O3S/c16-15(17,18)10-2-1-3-12(8-10)24(22,23)20-11-4-5-13-9(6-11)7-14(21)19-13/h1-6,8,20H,7H2,(H,19,21). The van der Waals surface area contributed by atoms with E-state index in [0.29, 0.717) is 17.3 Å². The van der Waals surface area contributed by atoms with E-state index in [-0.39, 0.29) is 18.0 Å². The van der Waals surface area contributed by atoms with Crippen LogP contribution in [-0.4, -0.2) is 14.3 Å². The molecule has 0 atom stereocenters. The lowest BCUT2D eigenvalue weighted by Crippen LogP contribution is -2.14. The first kappa shape index (κ1) is 16.3. The molecule has 1 heterocycles. The second-order valence-electron chi connectivity index (χ2n) is 5.23. The van der Waals surface area contributed by atoms with Crippen molar-refractivity contribution in [2.75, 3.05) is 10.0 Å². The molecule has 5 nitrogen and oxygen atoms in total. The van der Waals surface area contributed by atoms with E-state index in [0.717, 1.165) is 18.2 Å². The van der Waals surface area contributed by atoms with Crippen molar-refractivity contribution in [3.8, 4) is 0 Å². The van der Waals surface area contributed by atoms with Crippen LogP contribution in [0.5, 0.6) is 0 Å². The maximum Gasteiger partial charge on any atom is 0.416 e. The molecule has 1 amide bonds. The molecule has 126 valence electrons. The number of fused-ring (bicyclic) bond motifs is 1. The van der Waals surface area contributed by atoms with Crippen molar-refractivity contribution in [2.24, 2.45) is 0 Å². The summed E-state index contributed by atoms with van der Waals surface area (Å²) in [5.74, 6) is -0.206. The summed E-state index contributed by atoms with van der Waals surface area (Å²) in [4.78, 5) is 10.8. The molecule has 9 heteroatoms. The minimum atomic E-state index is -4.63. The lowest BCUT2D eigenvalue weighted by atomic mass is 10.1. The number of carbonyl (C=O) groups is 1. The fourth-order valence-electron chi connectivity index (χ4n) is 2.35. The maximum absolute atomic E-state index is 12.7. The Kier molecular flexibility index (Phi) is 3.75. The summed E-state index contributed by atoms with van der Waals surface area (Å²) < 4.78 is 64.9. The third kappa shape index (κ3) is 3.21. The molecule has 0 unspecified atom stereocenters. The minimum absolute atomic E-state index is 0.120. The lowest BCUT2D eigenvalue weighted by Gasteiger charge is -2.11. The van der Waals surface area contributed by atoms with Crippen LogP contribution >= 0.6 is 0 Å². The van der Waals surface area contributed by atoms with Gasteiger partial charge < -0.3 is 5.32 Å². The van der Waals surface area contributed by atoms with Gasteiger partial charge in [-0.05, 0) is 42.0 Å². The lowest BCUT2D eigenvalue weighted by molar-refractivity contribution is -0.137. The van der Waals surface area contributed by atoms with Crippen LogP contribution < -0.4 is 10.0 Å². The van der Waals surface area contributed by atoms with Gasteiger partial charge in [0.2, 0.25) is 5.91 Å². The fourth-order valence-corrected chi connectivity index (χ4v) is 3.44. The Labute approximate surface area is 135 Å². The van der Waals surface area contributed by atoms with Crippen molar-refractivity contribution in [3.05, 3.63) is 53.6 Å². The number of amides is 1. The molecule has 0 aromatic heterocycles. The van der Waals surface area contributed by atoms with Gasteiger partial charge in [-0.15, -0.1) is 0 Å². The summed E-state index contributed by atoms with van der Waals surface area (Å²) in [6, 6.07) is 7.91. The van der Waals surface area contributed by atoms with Gasteiger partial charge in [-0.1, -0.05) is 6.07 Å². The molecular formula is C15H11F3N2O3S. The second-order valence-corrected chi connectivity index (χ2v) is 6.91. The molecule has 1 aliphatic rings. The number of rotatable bonds is 3. The topological polar surface area (TPSA) is 75.3 Å². The van der Waals surface area contributed by atoms with Gasteiger partial charge in [-0.25, -0.2) is 8.42 Å². The molecule has 0 bridgehead atoms. The van der Waals surface area contributed by atoms with Crippen molar-refractivity contribution >= 4 is 27.3 Å². The van der Waals surface area contributed by atoms with E-state index >= 15 is 0 Å². The van der Waals surface area contributed by atoms with Gasteiger partial charge in [0, 0.05) is 11.4 Å². The first-order chi connectivity index (χ1) is 11.1. The number of alkyl halides is 3. The van der Waals surface area contributed by atoms with Gasteiger partial charge in [0.15, 0.2) is 0 Å². The van der Waals surface area contributed by atoms with Crippen LogP contribution in [0.4, 0.5) is 24.5 Å². The highest BCUT2D eigenvalue weighted by molar-refractivity contribution is 7.92. The predicted molar refractivity (Wildman–Crippen MR) is 81.0 cm³/mol. The molecule has 2 N–H and O–H groups in total. The highest BCUT2D eigenvalue weighted by Crippen LogP contribution is 2.31. The third-order valence-corrected chi connectivity index (χ3v) is 4.83. The molecule has 3 rings (SSSR count). The number of anilines is 2. The molecule has 24 heavy (non-hydrogen) atoms. The van der Waals surface area contributed by atoms with E-state index in [1.54, 1.807) is 0 Å². The Morgan fingerprint density at radius 3 is 2.54 bits per heavy atom. The Morgan fingerprint density at radius 1 is 1.08 bits per heavy atom. The summed E-state index contributed by atoms with van der Waals surface area (Å²) in [5.41, 5.74) is 0.322. The fraction of sp³-hybridized carbons (Fsp3) is 0.133. The van der Waals surface area contributed by atoms with E-state index in [1.165, 1.54) is 18.2 Å². The monoisotopic (exact) mass is 356 g/mol. The smallest absolute Gasteiger partial charge is 0.326 e. The van der Waals surface area contributed by atoms with Crippen molar-refractivity contribution < 1.29 is 26.4 Å². The second kappa shape index (κ2) is 5.52. The number of halogens is 3. The van der Waals surface area contributed by atoms with Crippen molar-refractivity contribution in [3.63, 3.8) is 0 Å². The first-order valence-corrected chi connectivity index (χ1v) is 8.26. The number of carbonyl (C=O) groups excluding carboxylic acids is 1. The minimum Gasteiger partial charge on any atom is -0.326 e. The molecule has 0 saturated heterocycles. The number of nitrogens with one attached hydrogen (secondary N) is 2. The van der Waals surface area contributed by atoms with Crippen LogP contribution in [0.1, 0.15) is 11.1 Å². The Balaban J connectivity index is 1.90. The summed E-state index contributed by atoms with van der Waals surface area (Å²) in [7, 11) is -4.18. The van der Waals surface area contributed by atoms with Gasteiger partial charge in [0.05, 0.1) is 16.9 Å². The SMILES string of the molecule is O=C1Cc2cc(NS(=O)(=O)c3cccc(C(F)(F)F)c3)ccc2N1. The molecule has 2 aromatic rings. The van der Waals surface area contributed by atoms with Gasteiger partial charge in [-0.3, -0.25) is 9.52 Å². The van der Waals surface area contributed by atoms with Crippen molar-refractivity contribution in [1.29, 1.82) is 0 Å². The van der Waals surface area contributed by atoms with Crippen molar-refractivity contribution in [1.82, 2.24) is 0 Å². The van der Waals surface area contributed by atoms with Crippen LogP contribution in [0.15, 0.2) is 47.4 Å². The number of hydrogen-bond donors (Lipinski definition) is 2. The third-order valence-electron chi connectivity index (χ3n) is 3.45. The maximum atomic E-state index is 12.7. The van der Waals surface area contributed by atoms with Crippen LogP contribution in [0, 0.1) is 0 Å². The average Bonchev–Trinajstić information content (AvgIpc) is 2.85. The zero-order chi connectivity index (χ0) is 17.5. The number of hydrogen-bond acceptors (Lipinski definition) is 3. The molecule has 0 spiro atoms. The summed E-state index contributed by atoms with van der Waals surface area (Å²) >= 11 is 0. The number of sulfonamides is 1. The molecule has 0 aliphatic carbocycles. The Hall–Kier alpha value is -2.55. The summed E-state index contributed by atoms with van der Waals surface area (Å²) in [5, 5.41) is 2.60. The normalized spacial score (nSPS) is 14.2. The van der Waals surface area contributed by atoms with Crippen LogP contribution in [0.25, 0.3) is 0 Å². The van der Waals surface area contributed by atoms with Crippen molar-refractivity contribution in [2.45, 2.75) is 17.5 Å². The first-order valence-electron chi connectivity index (χ1n) is 6.78. The van der Waals surface area contributed by atoms with E-state index in [9.17, 15) is 26.4 Å². The quantitative estimate of drug-likeness (QED) is 0.888. The largest absolute Gasteiger partial charge is 0.416 e. The Morgan fingerprint density at radius 2 is 1.83 bits per heavy atom. The van der Waals surface area contributed by atoms with Gasteiger partial charge in [-0.2, -0.15) is 13.2 Å². The molecule has 0 radical (unpaired) electrons. The van der Waals surface area contributed by atoms with E-state index in [1.807, 2.05) is 0 Å². The number of benzene rings is 2. The summed E-state index contributed by atoms with van der Waals surface area (Å²) in [6.07, 6.45) is -4.51. The van der Waals surface area contributed by atoms with E-state index in [4.69, 9.17) is 0 Å². The van der Waals surface area contributed by atoms with Gasteiger partial charge >= 0.3 is 6.18 Å². The zero-order valence-electron chi connectivity index (χ0n) is 12.0. The molecule has 0 fully saturated rings. The molecular weight excluding hydrogens is 345 g/mol. The molecule has 0 saturated carbocycles. The van der Waals surface area contributed by atoms with Crippen LogP contribution in [0.2, 0.25) is 0 Å². The van der Waals surface area contributed by atoms with Gasteiger partial charge in [0.1, 0.15) is 0 Å².